The highest BCUT2D eigenvalue weighted by atomic mass is 16.3. The van der Waals surface area contributed by atoms with Crippen molar-refractivity contribution in [2.45, 2.75) is 51.5 Å². The summed E-state index contributed by atoms with van der Waals surface area (Å²) in [7, 11) is 0. The highest BCUT2D eigenvalue weighted by Gasteiger charge is 2.34. The molecule has 2 aliphatic rings. The molecule has 1 amide bonds. The maximum Gasteiger partial charge on any atom is 0.244 e. The molecular weight excluding hydrogens is 268 g/mol. The molecule has 0 bridgehead atoms. The highest BCUT2D eigenvalue weighted by molar-refractivity contribution is 5.76. The molecule has 0 spiro atoms. The van der Waals surface area contributed by atoms with E-state index in [4.69, 9.17) is 0 Å². The lowest BCUT2D eigenvalue weighted by Gasteiger charge is -2.40. The number of carbonyl (C=O) groups excluding carboxylic acids is 1. The van der Waals surface area contributed by atoms with Gasteiger partial charge in [0.2, 0.25) is 5.91 Å². The fourth-order valence-electron chi connectivity index (χ4n) is 3.05. The third-order valence-electron chi connectivity index (χ3n) is 5.11. The molecule has 1 aliphatic heterocycles. The molecule has 116 valence electrons. The van der Waals surface area contributed by atoms with Crippen LogP contribution in [0.3, 0.4) is 0 Å². The van der Waals surface area contributed by atoms with Crippen molar-refractivity contribution < 1.29 is 9.90 Å². The van der Waals surface area contributed by atoms with E-state index < -0.39 is 0 Å². The standard InChI is InChI=1S/C15H24N4O2/c1-2-15(11-20)5-7-18(8-6-15)14(21)10-19-9-13(16-17-19)12-3-4-12/h9,12,20H,2-8,10-11H2,1H3. The molecular formula is C15H24N4O2. The summed E-state index contributed by atoms with van der Waals surface area (Å²) in [5.74, 6) is 0.670. The van der Waals surface area contributed by atoms with Gasteiger partial charge in [0.1, 0.15) is 6.54 Å². The zero-order chi connectivity index (χ0) is 14.9. The van der Waals surface area contributed by atoms with Crippen LogP contribution in [-0.4, -0.2) is 50.6 Å². The second-order valence-electron chi connectivity index (χ2n) is 6.51. The van der Waals surface area contributed by atoms with Gasteiger partial charge in [0, 0.05) is 31.8 Å². The molecule has 1 saturated carbocycles. The maximum absolute atomic E-state index is 12.3. The number of likely N-dealkylation sites (tertiary alicyclic amines) is 1. The molecule has 6 nitrogen and oxygen atoms in total. The van der Waals surface area contributed by atoms with Crippen molar-refractivity contribution in [2.75, 3.05) is 19.7 Å². The number of aromatic nitrogens is 3. The number of rotatable bonds is 5. The summed E-state index contributed by atoms with van der Waals surface area (Å²) in [5, 5.41) is 17.7. The van der Waals surface area contributed by atoms with Gasteiger partial charge in [-0.3, -0.25) is 4.79 Å². The van der Waals surface area contributed by atoms with Gasteiger partial charge in [-0.15, -0.1) is 5.10 Å². The molecule has 1 aliphatic carbocycles. The van der Waals surface area contributed by atoms with Gasteiger partial charge in [-0.05, 0) is 37.5 Å². The van der Waals surface area contributed by atoms with Gasteiger partial charge in [-0.2, -0.15) is 0 Å². The van der Waals surface area contributed by atoms with Crippen molar-refractivity contribution in [3.05, 3.63) is 11.9 Å². The number of aliphatic hydroxyl groups is 1. The Morgan fingerprint density at radius 2 is 2.14 bits per heavy atom. The average molecular weight is 292 g/mol. The van der Waals surface area contributed by atoms with Gasteiger partial charge in [0.15, 0.2) is 0 Å². The Bertz CT molecular complexity index is 496. The van der Waals surface area contributed by atoms with Crippen molar-refractivity contribution in [2.24, 2.45) is 5.41 Å². The molecule has 1 aromatic heterocycles. The van der Waals surface area contributed by atoms with E-state index in [1.165, 1.54) is 12.8 Å². The molecule has 0 unspecified atom stereocenters. The lowest BCUT2D eigenvalue weighted by atomic mass is 9.77. The first-order valence-corrected chi connectivity index (χ1v) is 7.94. The number of carbonyl (C=O) groups is 1. The number of piperidine rings is 1. The van der Waals surface area contributed by atoms with Crippen LogP contribution in [0.5, 0.6) is 0 Å². The van der Waals surface area contributed by atoms with E-state index in [0.29, 0.717) is 5.92 Å². The van der Waals surface area contributed by atoms with Gasteiger partial charge in [0.25, 0.3) is 0 Å². The minimum atomic E-state index is 0.0170. The Kier molecular flexibility index (Phi) is 3.97. The molecule has 0 radical (unpaired) electrons. The first-order valence-electron chi connectivity index (χ1n) is 7.94. The second-order valence-corrected chi connectivity index (χ2v) is 6.51. The summed E-state index contributed by atoms with van der Waals surface area (Å²) in [4.78, 5) is 14.2. The lowest BCUT2D eigenvalue weighted by Crippen LogP contribution is -2.45. The molecule has 2 fully saturated rings. The van der Waals surface area contributed by atoms with E-state index in [-0.39, 0.29) is 24.5 Å². The van der Waals surface area contributed by atoms with Crippen molar-refractivity contribution in [3.63, 3.8) is 0 Å². The van der Waals surface area contributed by atoms with Crippen LogP contribution in [0.1, 0.15) is 50.6 Å². The van der Waals surface area contributed by atoms with Crippen LogP contribution in [0, 0.1) is 5.41 Å². The second kappa shape index (κ2) is 5.75. The normalized spacial score (nSPS) is 21.5. The van der Waals surface area contributed by atoms with E-state index in [1.54, 1.807) is 4.68 Å². The Morgan fingerprint density at radius 3 is 2.71 bits per heavy atom. The summed E-state index contributed by atoms with van der Waals surface area (Å²) in [6.07, 6.45) is 7.04. The summed E-state index contributed by atoms with van der Waals surface area (Å²) in [5.41, 5.74) is 1.04. The van der Waals surface area contributed by atoms with E-state index >= 15 is 0 Å². The molecule has 3 rings (SSSR count). The minimum absolute atomic E-state index is 0.0170. The van der Waals surface area contributed by atoms with E-state index in [1.807, 2.05) is 11.1 Å². The van der Waals surface area contributed by atoms with Crippen LogP contribution in [0.15, 0.2) is 6.20 Å². The van der Waals surface area contributed by atoms with Gasteiger partial charge >= 0.3 is 0 Å². The number of amides is 1. The zero-order valence-electron chi connectivity index (χ0n) is 12.7. The molecule has 2 heterocycles. The fourth-order valence-corrected chi connectivity index (χ4v) is 3.05. The smallest absolute Gasteiger partial charge is 0.244 e. The molecule has 6 heteroatoms. The van der Waals surface area contributed by atoms with Gasteiger partial charge in [-0.25, -0.2) is 4.68 Å². The van der Waals surface area contributed by atoms with Gasteiger partial charge in [-0.1, -0.05) is 12.1 Å². The summed E-state index contributed by atoms with van der Waals surface area (Å²) < 4.78 is 1.66. The van der Waals surface area contributed by atoms with Crippen LogP contribution in [0.2, 0.25) is 0 Å². The van der Waals surface area contributed by atoms with Crippen LogP contribution >= 0.6 is 0 Å². The predicted octanol–water partition coefficient (Wildman–Crippen LogP) is 1.17. The van der Waals surface area contributed by atoms with Crippen molar-refractivity contribution in [1.29, 1.82) is 0 Å². The SMILES string of the molecule is CCC1(CO)CCN(C(=O)Cn2cc(C3CC3)nn2)CC1. The van der Waals surface area contributed by atoms with Crippen LogP contribution in [0.4, 0.5) is 0 Å². The van der Waals surface area contributed by atoms with Crippen molar-refractivity contribution in [1.82, 2.24) is 19.9 Å². The molecule has 0 aromatic carbocycles. The summed E-state index contributed by atoms with van der Waals surface area (Å²) in [6, 6.07) is 0. The first kappa shape index (κ1) is 14.5. The fraction of sp³-hybridized carbons (Fsp3) is 0.800. The molecule has 1 saturated heterocycles. The number of hydrogen-bond acceptors (Lipinski definition) is 4. The number of hydrogen-bond donors (Lipinski definition) is 1. The number of nitrogens with zero attached hydrogens (tertiary/aromatic N) is 4. The van der Waals surface area contributed by atoms with E-state index in [2.05, 4.69) is 17.2 Å². The zero-order valence-corrected chi connectivity index (χ0v) is 12.7. The summed E-state index contributed by atoms with van der Waals surface area (Å²) >= 11 is 0. The molecule has 1 aromatic rings. The van der Waals surface area contributed by atoms with Gasteiger partial charge in [0.05, 0.1) is 5.69 Å². The van der Waals surface area contributed by atoms with E-state index in [9.17, 15) is 9.90 Å². The first-order chi connectivity index (χ1) is 10.2. The third kappa shape index (κ3) is 3.10. The summed E-state index contributed by atoms with van der Waals surface area (Å²) in [6.45, 7) is 4.08. The number of aliphatic hydroxyl groups excluding tert-OH is 1. The molecule has 21 heavy (non-hydrogen) atoms. The lowest BCUT2D eigenvalue weighted by molar-refractivity contribution is -0.135. The Labute approximate surface area is 125 Å². The monoisotopic (exact) mass is 292 g/mol. The average Bonchev–Trinajstić information content (AvgIpc) is 3.27. The third-order valence-corrected chi connectivity index (χ3v) is 5.11. The largest absolute Gasteiger partial charge is 0.396 e. The van der Waals surface area contributed by atoms with Crippen LogP contribution in [-0.2, 0) is 11.3 Å². The molecule has 1 N–H and O–H groups in total. The van der Waals surface area contributed by atoms with Crippen molar-refractivity contribution >= 4 is 5.91 Å². The quantitative estimate of drug-likeness (QED) is 0.884. The Balaban J connectivity index is 1.53. The van der Waals surface area contributed by atoms with Gasteiger partial charge < -0.3 is 10.0 Å². The minimum Gasteiger partial charge on any atom is -0.396 e. The topological polar surface area (TPSA) is 71.2 Å². The molecule has 0 atom stereocenters. The predicted molar refractivity (Wildman–Crippen MR) is 77.6 cm³/mol. The van der Waals surface area contributed by atoms with Crippen molar-refractivity contribution in [3.8, 4) is 0 Å². The van der Waals surface area contributed by atoms with Crippen LogP contribution in [0.25, 0.3) is 0 Å². The Hall–Kier alpha value is -1.43. The highest BCUT2D eigenvalue weighted by Crippen LogP contribution is 2.38. The van der Waals surface area contributed by atoms with Crippen LogP contribution < -0.4 is 0 Å². The Morgan fingerprint density at radius 1 is 1.43 bits per heavy atom. The van der Waals surface area contributed by atoms with E-state index in [0.717, 1.165) is 38.0 Å². The maximum atomic E-state index is 12.3.